The van der Waals surface area contributed by atoms with Gasteiger partial charge in [0, 0.05) is 46.0 Å². The molecular weight excluding hydrogens is 252 g/mol. The Morgan fingerprint density at radius 3 is 2.55 bits per heavy atom. The summed E-state index contributed by atoms with van der Waals surface area (Å²) < 4.78 is 5.47. The standard InChI is InChI=1S/C15H24N4O/c1-11-16-13(10-15(17-11)18(2)3)14-4-7-19(14)12-5-8-20-9-6-12/h10,12,14H,4-9H2,1-3H3/t14-/m1/s1. The van der Waals surface area contributed by atoms with E-state index in [1.165, 1.54) is 18.7 Å². The van der Waals surface area contributed by atoms with Gasteiger partial charge < -0.3 is 9.64 Å². The number of aryl methyl sites for hydroxylation is 1. The highest BCUT2D eigenvalue weighted by Gasteiger charge is 2.36. The molecule has 2 fully saturated rings. The van der Waals surface area contributed by atoms with Gasteiger partial charge in [0.25, 0.3) is 0 Å². The van der Waals surface area contributed by atoms with Crippen LogP contribution in [-0.4, -0.2) is 54.8 Å². The minimum absolute atomic E-state index is 0.471. The molecule has 5 nitrogen and oxygen atoms in total. The summed E-state index contributed by atoms with van der Waals surface area (Å²) in [6.07, 6.45) is 3.52. The summed E-state index contributed by atoms with van der Waals surface area (Å²) in [7, 11) is 4.06. The lowest BCUT2D eigenvalue weighted by Crippen LogP contribution is -2.50. The van der Waals surface area contributed by atoms with E-state index in [-0.39, 0.29) is 0 Å². The van der Waals surface area contributed by atoms with Gasteiger partial charge in [-0.1, -0.05) is 0 Å². The first-order valence-corrected chi connectivity index (χ1v) is 7.51. The Hall–Kier alpha value is -1.20. The van der Waals surface area contributed by atoms with Crippen LogP contribution in [-0.2, 0) is 4.74 Å². The second-order valence-electron chi connectivity index (χ2n) is 5.98. The maximum Gasteiger partial charge on any atom is 0.132 e. The van der Waals surface area contributed by atoms with Crippen molar-refractivity contribution in [2.24, 2.45) is 0 Å². The van der Waals surface area contributed by atoms with Crippen LogP contribution in [0, 0.1) is 6.92 Å². The van der Waals surface area contributed by atoms with Crippen molar-refractivity contribution in [3.05, 3.63) is 17.6 Å². The van der Waals surface area contributed by atoms with E-state index < -0.39 is 0 Å². The number of ether oxygens (including phenoxy) is 1. The SMILES string of the molecule is Cc1nc([C@H]2CCN2C2CCOCC2)cc(N(C)C)n1. The molecule has 0 radical (unpaired) electrons. The average molecular weight is 276 g/mol. The molecule has 0 aromatic carbocycles. The van der Waals surface area contributed by atoms with Crippen LogP contribution >= 0.6 is 0 Å². The number of aromatic nitrogens is 2. The van der Waals surface area contributed by atoms with E-state index in [0.29, 0.717) is 12.1 Å². The van der Waals surface area contributed by atoms with E-state index in [4.69, 9.17) is 4.74 Å². The molecule has 0 bridgehead atoms. The van der Waals surface area contributed by atoms with Gasteiger partial charge in [-0.05, 0) is 26.2 Å². The minimum atomic E-state index is 0.471. The van der Waals surface area contributed by atoms with E-state index in [0.717, 1.165) is 37.7 Å². The van der Waals surface area contributed by atoms with Gasteiger partial charge in [0.1, 0.15) is 11.6 Å². The summed E-state index contributed by atoms with van der Waals surface area (Å²) in [6, 6.07) is 3.28. The van der Waals surface area contributed by atoms with Crippen molar-refractivity contribution in [3.8, 4) is 0 Å². The fourth-order valence-electron chi connectivity index (χ4n) is 3.15. The molecule has 2 saturated heterocycles. The third-order valence-electron chi connectivity index (χ3n) is 4.36. The van der Waals surface area contributed by atoms with Crippen molar-refractivity contribution in [2.75, 3.05) is 38.8 Å². The predicted molar refractivity (Wildman–Crippen MR) is 79.0 cm³/mol. The molecule has 1 aromatic heterocycles. The Kier molecular flexibility index (Phi) is 3.89. The van der Waals surface area contributed by atoms with Crippen LogP contribution in [0.5, 0.6) is 0 Å². The molecule has 20 heavy (non-hydrogen) atoms. The van der Waals surface area contributed by atoms with Crippen LogP contribution in [0.4, 0.5) is 5.82 Å². The fraction of sp³-hybridized carbons (Fsp3) is 0.733. The molecule has 0 aliphatic carbocycles. The third-order valence-corrected chi connectivity index (χ3v) is 4.36. The molecule has 1 atom stereocenters. The molecule has 3 rings (SSSR count). The van der Waals surface area contributed by atoms with Crippen LogP contribution in [0.25, 0.3) is 0 Å². The van der Waals surface area contributed by atoms with E-state index in [1.54, 1.807) is 0 Å². The number of nitrogens with zero attached hydrogens (tertiary/aromatic N) is 4. The van der Waals surface area contributed by atoms with Crippen molar-refractivity contribution < 1.29 is 4.74 Å². The Balaban J connectivity index is 1.78. The van der Waals surface area contributed by atoms with Crippen LogP contribution < -0.4 is 4.90 Å². The largest absolute Gasteiger partial charge is 0.381 e. The topological polar surface area (TPSA) is 41.5 Å². The van der Waals surface area contributed by atoms with E-state index in [1.807, 2.05) is 21.0 Å². The summed E-state index contributed by atoms with van der Waals surface area (Å²) in [5.74, 6) is 1.87. The van der Waals surface area contributed by atoms with Crippen molar-refractivity contribution in [1.29, 1.82) is 0 Å². The van der Waals surface area contributed by atoms with Crippen LogP contribution in [0.2, 0.25) is 0 Å². The number of hydrogen-bond donors (Lipinski definition) is 0. The van der Waals surface area contributed by atoms with E-state index in [2.05, 4.69) is 25.8 Å². The lowest BCUT2D eigenvalue weighted by Gasteiger charge is -2.47. The molecule has 1 aromatic rings. The molecule has 0 spiro atoms. The molecule has 5 heteroatoms. The summed E-state index contributed by atoms with van der Waals surface area (Å²) in [5, 5.41) is 0. The van der Waals surface area contributed by atoms with E-state index >= 15 is 0 Å². The van der Waals surface area contributed by atoms with Crippen molar-refractivity contribution >= 4 is 5.82 Å². The molecule has 110 valence electrons. The van der Waals surface area contributed by atoms with Gasteiger partial charge in [0.15, 0.2) is 0 Å². The third kappa shape index (κ3) is 2.65. The summed E-state index contributed by atoms with van der Waals surface area (Å²) in [5.41, 5.74) is 1.18. The fourth-order valence-corrected chi connectivity index (χ4v) is 3.15. The van der Waals surface area contributed by atoms with Crippen LogP contribution in [0.3, 0.4) is 0 Å². The minimum Gasteiger partial charge on any atom is -0.381 e. The lowest BCUT2D eigenvalue weighted by molar-refractivity contribution is -0.0257. The number of hydrogen-bond acceptors (Lipinski definition) is 5. The van der Waals surface area contributed by atoms with Crippen molar-refractivity contribution in [3.63, 3.8) is 0 Å². The van der Waals surface area contributed by atoms with Gasteiger partial charge in [-0.25, -0.2) is 9.97 Å². The summed E-state index contributed by atoms with van der Waals surface area (Å²) in [6.45, 7) is 4.98. The normalized spacial score (nSPS) is 24.4. The first-order valence-electron chi connectivity index (χ1n) is 7.51. The first kappa shape index (κ1) is 13.8. The highest BCUT2D eigenvalue weighted by atomic mass is 16.5. The van der Waals surface area contributed by atoms with Gasteiger partial charge >= 0.3 is 0 Å². The van der Waals surface area contributed by atoms with Crippen molar-refractivity contribution in [2.45, 2.75) is 38.3 Å². The zero-order chi connectivity index (χ0) is 14.1. The second kappa shape index (κ2) is 5.66. The van der Waals surface area contributed by atoms with Crippen LogP contribution in [0.1, 0.15) is 36.8 Å². The maximum absolute atomic E-state index is 5.47. The molecule has 0 saturated carbocycles. The number of rotatable bonds is 3. The van der Waals surface area contributed by atoms with Crippen molar-refractivity contribution in [1.82, 2.24) is 14.9 Å². The monoisotopic (exact) mass is 276 g/mol. The molecule has 2 aliphatic heterocycles. The second-order valence-corrected chi connectivity index (χ2v) is 5.98. The average Bonchev–Trinajstić information content (AvgIpc) is 2.38. The number of anilines is 1. The van der Waals surface area contributed by atoms with Gasteiger partial charge in [-0.3, -0.25) is 4.90 Å². The smallest absolute Gasteiger partial charge is 0.132 e. The Labute approximate surface area is 121 Å². The lowest BCUT2D eigenvalue weighted by atomic mass is 9.93. The summed E-state index contributed by atoms with van der Waals surface area (Å²) in [4.78, 5) is 13.8. The Bertz CT molecular complexity index is 471. The molecule has 0 unspecified atom stereocenters. The molecule has 3 heterocycles. The molecular formula is C15H24N4O. The van der Waals surface area contributed by atoms with Crippen LogP contribution in [0.15, 0.2) is 6.07 Å². The maximum atomic E-state index is 5.47. The van der Waals surface area contributed by atoms with Gasteiger partial charge in [0.05, 0.1) is 11.7 Å². The quantitative estimate of drug-likeness (QED) is 0.841. The van der Waals surface area contributed by atoms with Gasteiger partial charge in [-0.2, -0.15) is 0 Å². The number of likely N-dealkylation sites (tertiary alicyclic amines) is 1. The molecule has 0 amide bonds. The predicted octanol–water partition coefficient (Wildman–Crippen LogP) is 1.78. The molecule has 2 aliphatic rings. The van der Waals surface area contributed by atoms with Gasteiger partial charge in [0.2, 0.25) is 0 Å². The highest BCUT2D eigenvalue weighted by molar-refractivity contribution is 5.39. The first-order chi connectivity index (χ1) is 9.65. The Morgan fingerprint density at radius 2 is 1.95 bits per heavy atom. The summed E-state index contributed by atoms with van der Waals surface area (Å²) >= 11 is 0. The highest BCUT2D eigenvalue weighted by Crippen LogP contribution is 2.37. The zero-order valence-electron chi connectivity index (χ0n) is 12.7. The Morgan fingerprint density at radius 1 is 1.20 bits per heavy atom. The van der Waals surface area contributed by atoms with Gasteiger partial charge in [-0.15, -0.1) is 0 Å². The van der Waals surface area contributed by atoms with E-state index in [9.17, 15) is 0 Å². The molecule has 0 N–H and O–H groups in total. The zero-order valence-corrected chi connectivity index (χ0v) is 12.7.